The van der Waals surface area contributed by atoms with Crippen molar-refractivity contribution in [2.45, 2.75) is 45.4 Å². The van der Waals surface area contributed by atoms with Gasteiger partial charge in [0.25, 0.3) is 0 Å². The molecule has 3 rings (SSSR count). The Kier molecular flexibility index (Phi) is 4.03. The Bertz CT molecular complexity index is 617. The second kappa shape index (κ2) is 5.95. The summed E-state index contributed by atoms with van der Waals surface area (Å²) in [7, 11) is 0. The van der Waals surface area contributed by atoms with Gasteiger partial charge < -0.3 is 20.3 Å². The number of nitrogens with zero attached hydrogens (tertiary/aromatic N) is 4. The predicted octanol–water partition coefficient (Wildman–Crippen LogP) is 1.06. The molecule has 0 bridgehead atoms. The molecule has 21 heavy (non-hydrogen) atoms. The highest BCUT2D eigenvalue weighted by atomic mass is 16.3. The fraction of sp³-hybridized carbons (Fsp3) is 0.643. The number of aromatic nitrogens is 4. The number of anilines is 1. The van der Waals surface area contributed by atoms with Crippen molar-refractivity contribution in [3.05, 3.63) is 12.2 Å². The number of piperidine rings is 1. The van der Waals surface area contributed by atoms with Gasteiger partial charge in [-0.05, 0) is 39.8 Å². The van der Waals surface area contributed by atoms with Gasteiger partial charge in [0, 0.05) is 12.1 Å². The summed E-state index contributed by atoms with van der Waals surface area (Å²) in [6.45, 7) is 6.03. The molecule has 114 valence electrons. The van der Waals surface area contributed by atoms with Crippen LogP contribution in [0.25, 0.3) is 11.2 Å². The second-order valence-electron chi connectivity index (χ2n) is 5.73. The highest BCUT2D eigenvalue weighted by Gasteiger charge is 2.18. The molecule has 0 saturated carbocycles. The fourth-order valence-electron chi connectivity index (χ4n) is 2.67. The first-order chi connectivity index (χ1) is 10.2. The summed E-state index contributed by atoms with van der Waals surface area (Å²) in [4.78, 5) is 13.3. The van der Waals surface area contributed by atoms with E-state index in [0.717, 1.165) is 42.9 Å². The molecule has 0 atom stereocenters. The zero-order valence-electron chi connectivity index (χ0n) is 12.5. The van der Waals surface area contributed by atoms with Crippen LogP contribution in [-0.2, 0) is 6.61 Å². The molecule has 3 N–H and O–H groups in total. The van der Waals surface area contributed by atoms with Crippen LogP contribution in [0, 0.1) is 0 Å². The van der Waals surface area contributed by atoms with Gasteiger partial charge in [-0.2, -0.15) is 0 Å². The number of imidazole rings is 1. The number of nitrogens with one attached hydrogen (secondary N) is 2. The van der Waals surface area contributed by atoms with Crippen molar-refractivity contribution in [3.8, 4) is 0 Å². The van der Waals surface area contributed by atoms with E-state index >= 15 is 0 Å². The van der Waals surface area contributed by atoms with Crippen LogP contribution in [-0.4, -0.2) is 43.8 Å². The topological polar surface area (TPSA) is 87.9 Å². The minimum atomic E-state index is -0.167. The van der Waals surface area contributed by atoms with Crippen LogP contribution in [0.3, 0.4) is 0 Å². The molecule has 1 aliphatic rings. The van der Waals surface area contributed by atoms with Gasteiger partial charge in [-0.15, -0.1) is 0 Å². The first-order valence-electron chi connectivity index (χ1n) is 7.50. The van der Waals surface area contributed by atoms with Crippen LogP contribution in [0.2, 0.25) is 0 Å². The lowest BCUT2D eigenvalue weighted by Gasteiger charge is -2.24. The molecule has 0 unspecified atom stereocenters. The minimum absolute atomic E-state index is 0.167. The van der Waals surface area contributed by atoms with Gasteiger partial charge in [-0.1, -0.05) is 0 Å². The molecule has 0 aliphatic carbocycles. The lowest BCUT2D eigenvalue weighted by Crippen LogP contribution is -2.35. The SMILES string of the molecule is CC(C)n1cnc2c(NC3CCNCC3)nc(CO)nc21. The van der Waals surface area contributed by atoms with Crippen molar-refractivity contribution in [1.82, 2.24) is 24.8 Å². The zero-order chi connectivity index (χ0) is 14.8. The minimum Gasteiger partial charge on any atom is -0.388 e. The molecule has 0 aromatic carbocycles. The summed E-state index contributed by atoms with van der Waals surface area (Å²) in [6, 6.07) is 0.656. The van der Waals surface area contributed by atoms with E-state index in [1.54, 1.807) is 6.33 Å². The highest BCUT2D eigenvalue weighted by Crippen LogP contribution is 2.23. The van der Waals surface area contributed by atoms with E-state index in [2.05, 4.69) is 39.4 Å². The molecule has 3 heterocycles. The average molecular weight is 290 g/mol. The third kappa shape index (κ3) is 2.84. The Hall–Kier alpha value is -1.73. The lowest BCUT2D eigenvalue weighted by atomic mass is 10.1. The summed E-state index contributed by atoms with van der Waals surface area (Å²) >= 11 is 0. The van der Waals surface area contributed by atoms with E-state index in [9.17, 15) is 5.11 Å². The number of aliphatic hydroxyl groups is 1. The first-order valence-corrected chi connectivity index (χ1v) is 7.50. The van der Waals surface area contributed by atoms with Gasteiger partial charge in [0.05, 0.1) is 6.33 Å². The average Bonchev–Trinajstić information content (AvgIpc) is 2.92. The Labute approximate surface area is 123 Å². The lowest BCUT2D eigenvalue weighted by molar-refractivity contribution is 0.271. The summed E-state index contributed by atoms with van der Waals surface area (Å²) in [5.41, 5.74) is 1.56. The molecule has 7 heteroatoms. The van der Waals surface area contributed by atoms with Crippen LogP contribution in [0.1, 0.15) is 38.6 Å². The Balaban J connectivity index is 1.99. The van der Waals surface area contributed by atoms with Crippen molar-refractivity contribution in [1.29, 1.82) is 0 Å². The van der Waals surface area contributed by atoms with Crippen molar-refractivity contribution >= 4 is 17.0 Å². The Morgan fingerprint density at radius 2 is 2.14 bits per heavy atom. The third-order valence-electron chi connectivity index (χ3n) is 3.85. The number of fused-ring (bicyclic) bond motifs is 1. The van der Waals surface area contributed by atoms with E-state index in [4.69, 9.17) is 0 Å². The van der Waals surface area contributed by atoms with Crippen molar-refractivity contribution < 1.29 is 5.11 Å². The van der Waals surface area contributed by atoms with E-state index in [-0.39, 0.29) is 12.6 Å². The number of hydrogen-bond acceptors (Lipinski definition) is 6. The highest BCUT2D eigenvalue weighted by molar-refractivity contribution is 5.83. The van der Waals surface area contributed by atoms with E-state index in [0.29, 0.717) is 11.9 Å². The van der Waals surface area contributed by atoms with Crippen molar-refractivity contribution in [2.75, 3.05) is 18.4 Å². The number of aliphatic hydroxyl groups excluding tert-OH is 1. The first kappa shape index (κ1) is 14.2. The largest absolute Gasteiger partial charge is 0.388 e. The van der Waals surface area contributed by atoms with Gasteiger partial charge in [-0.3, -0.25) is 0 Å². The Morgan fingerprint density at radius 1 is 1.38 bits per heavy atom. The predicted molar refractivity (Wildman–Crippen MR) is 81.1 cm³/mol. The van der Waals surface area contributed by atoms with Gasteiger partial charge in [0.1, 0.15) is 12.1 Å². The quantitative estimate of drug-likeness (QED) is 0.780. The van der Waals surface area contributed by atoms with Crippen LogP contribution in [0.5, 0.6) is 0 Å². The van der Waals surface area contributed by atoms with Gasteiger partial charge >= 0.3 is 0 Å². The van der Waals surface area contributed by atoms with E-state index < -0.39 is 0 Å². The molecular weight excluding hydrogens is 268 g/mol. The van der Waals surface area contributed by atoms with E-state index in [1.807, 2.05) is 4.57 Å². The van der Waals surface area contributed by atoms with Crippen molar-refractivity contribution in [3.63, 3.8) is 0 Å². The van der Waals surface area contributed by atoms with Crippen LogP contribution < -0.4 is 10.6 Å². The molecule has 7 nitrogen and oxygen atoms in total. The van der Waals surface area contributed by atoms with Crippen LogP contribution in [0.4, 0.5) is 5.82 Å². The molecule has 1 fully saturated rings. The molecule has 0 radical (unpaired) electrons. The summed E-state index contributed by atoms with van der Waals surface area (Å²) < 4.78 is 2.00. The molecule has 2 aromatic heterocycles. The fourth-order valence-corrected chi connectivity index (χ4v) is 2.67. The summed E-state index contributed by atoms with van der Waals surface area (Å²) in [5, 5.41) is 16.2. The van der Waals surface area contributed by atoms with Gasteiger partial charge in [0.15, 0.2) is 17.3 Å². The van der Waals surface area contributed by atoms with Crippen LogP contribution in [0.15, 0.2) is 6.33 Å². The molecule has 1 aliphatic heterocycles. The van der Waals surface area contributed by atoms with Crippen molar-refractivity contribution in [2.24, 2.45) is 0 Å². The number of rotatable bonds is 4. The maximum atomic E-state index is 9.40. The number of hydrogen-bond donors (Lipinski definition) is 3. The normalized spacial score (nSPS) is 16.8. The molecular formula is C14H22N6O. The maximum absolute atomic E-state index is 9.40. The van der Waals surface area contributed by atoms with Gasteiger partial charge in [0.2, 0.25) is 0 Å². The smallest absolute Gasteiger partial charge is 0.166 e. The maximum Gasteiger partial charge on any atom is 0.166 e. The monoisotopic (exact) mass is 290 g/mol. The molecule has 0 amide bonds. The summed E-state index contributed by atoms with van der Waals surface area (Å²) in [6.07, 6.45) is 3.91. The van der Waals surface area contributed by atoms with E-state index in [1.165, 1.54) is 0 Å². The molecule has 1 saturated heterocycles. The van der Waals surface area contributed by atoms with Crippen LogP contribution >= 0.6 is 0 Å². The second-order valence-corrected chi connectivity index (χ2v) is 5.73. The zero-order valence-corrected chi connectivity index (χ0v) is 12.5. The Morgan fingerprint density at radius 3 is 2.81 bits per heavy atom. The molecule has 0 spiro atoms. The third-order valence-corrected chi connectivity index (χ3v) is 3.85. The standard InChI is InChI=1S/C14H22N6O/c1-9(2)20-8-16-12-13(17-10-3-5-15-6-4-10)18-11(7-21)19-14(12)20/h8-10,15,21H,3-7H2,1-2H3,(H,17,18,19). The molecule has 2 aromatic rings. The summed E-state index contributed by atoms with van der Waals surface area (Å²) in [5.74, 6) is 1.16. The van der Waals surface area contributed by atoms with Gasteiger partial charge in [-0.25, -0.2) is 15.0 Å².